The molecular formula is C45H24O6. The minimum absolute atomic E-state index is 0.285. The highest BCUT2D eigenvalue weighted by molar-refractivity contribution is 6.07. The molecule has 0 saturated carbocycles. The molecule has 0 aliphatic heterocycles. The Labute approximate surface area is 288 Å². The quantitative estimate of drug-likeness (QED) is 0.138. The molecule has 0 aliphatic carbocycles. The summed E-state index contributed by atoms with van der Waals surface area (Å²) in [4.78, 5) is 41.3. The lowest BCUT2D eigenvalue weighted by Crippen LogP contribution is -2.07. The Bertz CT molecular complexity index is 2910. The van der Waals surface area contributed by atoms with E-state index in [9.17, 15) is 14.4 Å². The van der Waals surface area contributed by atoms with Crippen molar-refractivity contribution in [2.24, 2.45) is 0 Å². The molecule has 0 fully saturated rings. The van der Waals surface area contributed by atoms with Crippen molar-refractivity contribution in [3.8, 4) is 33.4 Å². The fourth-order valence-corrected chi connectivity index (χ4v) is 7.25. The van der Waals surface area contributed by atoms with Gasteiger partial charge in [-0.1, -0.05) is 109 Å². The molecule has 240 valence electrons. The van der Waals surface area contributed by atoms with Crippen molar-refractivity contribution in [1.29, 1.82) is 0 Å². The first-order chi connectivity index (χ1) is 25.0. The van der Waals surface area contributed by atoms with E-state index in [1.165, 1.54) is 0 Å². The van der Waals surface area contributed by atoms with Crippen molar-refractivity contribution in [1.82, 2.24) is 0 Å². The maximum Gasteiger partial charge on any atom is 0.344 e. The van der Waals surface area contributed by atoms with E-state index in [0.29, 0.717) is 33.4 Å². The van der Waals surface area contributed by atoms with Crippen LogP contribution in [0, 0.1) is 0 Å². The molecule has 0 amide bonds. The minimum Gasteiger partial charge on any atom is -0.422 e. The molecule has 0 saturated heterocycles. The van der Waals surface area contributed by atoms with Crippen LogP contribution in [0.15, 0.2) is 173 Å². The zero-order valence-electron chi connectivity index (χ0n) is 26.8. The van der Waals surface area contributed by atoms with E-state index in [4.69, 9.17) is 13.3 Å². The van der Waals surface area contributed by atoms with Crippen molar-refractivity contribution >= 4 is 65.2 Å². The molecule has 0 bridgehead atoms. The molecule has 3 aromatic heterocycles. The third-order valence-electron chi connectivity index (χ3n) is 9.74. The van der Waals surface area contributed by atoms with Gasteiger partial charge in [-0.05, 0) is 69.2 Å². The Kier molecular flexibility index (Phi) is 6.23. The summed E-state index contributed by atoms with van der Waals surface area (Å²) in [5.41, 5.74) is 2.11. The Hall–Kier alpha value is -7.05. The third-order valence-corrected chi connectivity index (χ3v) is 9.74. The van der Waals surface area contributed by atoms with Crippen LogP contribution >= 0.6 is 0 Å². The van der Waals surface area contributed by atoms with Crippen LogP contribution in [0.2, 0.25) is 0 Å². The van der Waals surface area contributed by atoms with E-state index in [1.54, 1.807) is 36.4 Å². The van der Waals surface area contributed by atoms with Crippen LogP contribution in [0.25, 0.3) is 98.6 Å². The van der Waals surface area contributed by atoms with E-state index in [2.05, 4.69) is 0 Å². The monoisotopic (exact) mass is 660 g/mol. The van der Waals surface area contributed by atoms with Gasteiger partial charge in [-0.25, -0.2) is 14.4 Å². The van der Waals surface area contributed by atoms with Crippen molar-refractivity contribution < 1.29 is 13.3 Å². The maximum atomic E-state index is 13.8. The van der Waals surface area contributed by atoms with Gasteiger partial charge in [0.25, 0.3) is 0 Å². The van der Waals surface area contributed by atoms with Gasteiger partial charge in [0.2, 0.25) is 0 Å². The van der Waals surface area contributed by atoms with Crippen LogP contribution in [-0.4, -0.2) is 0 Å². The molecule has 0 aliphatic rings. The highest BCUT2D eigenvalue weighted by atomic mass is 16.4. The predicted octanol–water partition coefficient (Wildman–Crippen LogP) is 10.5. The predicted molar refractivity (Wildman–Crippen MR) is 203 cm³/mol. The van der Waals surface area contributed by atoms with Crippen LogP contribution in [0.5, 0.6) is 0 Å². The largest absolute Gasteiger partial charge is 0.422 e. The molecule has 0 spiro atoms. The zero-order valence-corrected chi connectivity index (χ0v) is 26.8. The number of benzene rings is 7. The second kappa shape index (κ2) is 11.0. The Morgan fingerprint density at radius 1 is 0.294 bits per heavy atom. The van der Waals surface area contributed by atoms with Crippen molar-refractivity contribution in [3.63, 3.8) is 0 Å². The summed E-state index contributed by atoms with van der Waals surface area (Å²) in [6.07, 6.45) is 0. The summed E-state index contributed by atoms with van der Waals surface area (Å²) >= 11 is 0. The van der Waals surface area contributed by atoms with Gasteiger partial charge in [-0.15, -0.1) is 0 Å². The molecule has 6 heteroatoms. The van der Waals surface area contributed by atoms with Crippen LogP contribution < -0.4 is 16.9 Å². The lowest BCUT2D eigenvalue weighted by molar-refractivity contribution is 0.566. The molecule has 0 atom stereocenters. The van der Waals surface area contributed by atoms with Crippen LogP contribution in [0.1, 0.15) is 0 Å². The van der Waals surface area contributed by atoms with Crippen molar-refractivity contribution in [2.75, 3.05) is 0 Å². The standard InChI is InChI=1S/C45H24O6/c46-43-37(22-28-16-13-25-7-1-4-10-34(25)40(28)49-43)31-19-32(38-23-29-17-14-26-8-2-5-11-35(26)41(29)50-44(38)47)21-33(20-31)39-24-30-18-15-27-9-3-6-12-36(27)42(30)51-45(39)48/h1-24H. The molecule has 0 N–H and O–H groups in total. The summed E-state index contributed by atoms with van der Waals surface area (Å²) < 4.78 is 17.9. The first-order valence-electron chi connectivity index (χ1n) is 16.5. The maximum absolute atomic E-state index is 13.8. The fraction of sp³-hybridized carbons (Fsp3) is 0. The van der Waals surface area contributed by atoms with Gasteiger partial charge in [0.1, 0.15) is 16.7 Å². The van der Waals surface area contributed by atoms with E-state index in [0.717, 1.165) is 48.5 Å². The van der Waals surface area contributed by atoms with Gasteiger partial charge in [0.05, 0.1) is 16.7 Å². The second-order valence-corrected chi connectivity index (χ2v) is 12.8. The van der Waals surface area contributed by atoms with Crippen LogP contribution in [0.3, 0.4) is 0 Å². The highest BCUT2D eigenvalue weighted by Crippen LogP contribution is 2.35. The van der Waals surface area contributed by atoms with Gasteiger partial charge >= 0.3 is 16.9 Å². The molecule has 10 rings (SSSR count). The van der Waals surface area contributed by atoms with Crippen LogP contribution in [0.4, 0.5) is 0 Å². The molecule has 0 radical (unpaired) electrons. The normalized spacial score (nSPS) is 11.8. The van der Waals surface area contributed by atoms with Crippen molar-refractivity contribution in [2.45, 2.75) is 0 Å². The summed E-state index contributed by atoms with van der Waals surface area (Å²) in [5, 5.41) is 7.57. The minimum atomic E-state index is -0.545. The molecule has 0 unspecified atom stereocenters. The lowest BCUT2D eigenvalue weighted by atomic mass is 9.93. The summed E-state index contributed by atoms with van der Waals surface area (Å²) in [6.45, 7) is 0. The number of hydrogen-bond donors (Lipinski definition) is 0. The van der Waals surface area contributed by atoms with Gasteiger partial charge in [-0.3, -0.25) is 0 Å². The number of fused-ring (bicyclic) bond motifs is 9. The van der Waals surface area contributed by atoms with Gasteiger partial charge in [0.15, 0.2) is 0 Å². The van der Waals surface area contributed by atoms with Crippen molar-refractivity contribution in [3.05, 3.63) is 177 Å². The van der Waals surface area contributed by atoms with Gasteiger partial charge in [0, 0.05) is 32.3 Å². The van der Waals surface area contributed by atoms with Gasteiger partial charge in [-0.2, -0.15) is 0 Å². The number of hydrogen-bond acceptors (Lipinski definition) is 6. The molecule has 3 heterocycles. The summed E-state index contributed by atoms with van der Waals surface area (Å²) in [6, 6.07) is 45.5. The molecule has 51 heavy (non-hydrogen) atoms. The fourth-order valence-electron chi connectivity index (χ4n) is 7.25. The Morgan fingerprint density at radius 3 is 0.882 bits per heavy atom. The summed E-state index contributed by atoms with van der Waals surface area (Å²) in [5.74, 6) is 0. The molecule has 7 aromatic carbocycles. The van der Waals surface area contributed by atoms with E-state index in [1.807, 2.05) is 109 Å². The smallest absolute Gasteiger partial charge is 0.344 e. The molecule has 10 aromatic rings. The average Bonchev–Trinajstić information content (AvgIpc) is 3.17. The Morgan fingerprint density at radius 2 is 0.569 bits per heavy atom. The van der Waals surface area contributed by atoms with E-state index >= 15 is 0 Å². The number of rotatable bonds is 3. The van der Waals surface area contributed by atoms with Crippen LogP contribution in [-0.2, 0) is 0 Å². The first kappa shape index (κ1) is 28.9. The average molecular weight is 661 g/mol. The van der Waals surface area contributed by atoms with E-state index in [-0.39, 0.29) is 16.7 Å². The van der Waals surface area contributed by atoms with E-state index < -0.39 is 16.9 Å². The van der Waals surface area contributed by atoms with Gasteiger partial charge < -0.3 is 13.3 Å². The first-order valence-corrected chi connectivity index (χ1v) is 16.5. The Balaban J connectivity index is 1.24. The highest BCUT2D eigenvalue weighted by Gasteiger charge is 2.19. The summed E-state index contributed by atoms with van der Waals surface area (Å²) in [7, 11) is 0. The third kappa shape index (κ3) is 4.61. The topological polar surface area (TPSA) is 90.6 Å². The second-order valence-electron chi connectivity index (χ2n) is 12.8. The SMILES string of the molecule is O=c1oc2c(ccc3ccccc32)cc1-c1cc(-c2cc3ccc4ccccc4c3oc2=O)cc(-c2cc3ccc4ccccc4c3oc2=O)c1. The lowest BCUT2D eigenvalue weighted by Gasteiger charge is -2.12. The molecular weight excluding hydrogens is 636 g/mol. The molecule has 6 nitrogen and oxygen atoms in total. The zero-order chi connectivity index (χ0) is 34.2.